The van der Waals surface area contributed by atoms with Gasteiger partial charge in [-0.15, -0.1) is 0 Å². The minimum absolute atomic E-state index is 0.0305. The maximum Gasteiger partial charge on any atom is 0.407 e. The number of hydrogen-bond acceptors (Lipinski definition) is 6. The highest BCUT2D eigenvalue weighted by Gasteiger charge is 2.62. The van der Waals surface area contributed by atoms with Crippen LogP contribution in [0.4, 0.5) is 4.79 Å². The lowest BCUT2D eigenvalue weighted by Crippen LogP contribution is -2.63. The Labute approximate surface area is 228 Å². The highest BCUT2D eigenvalue weighted by Crippen LogP contribution is 2.63. The number of rotatable bonds is 6. The number of aliphatic hydroxyl groups excluding tert-OH is 1. The standard InChI is InChI=1S/C31H49NO6/c1-8-9-10-13-32-29(35)38-25-16-30(7)15-22-18(4)11-12-23-20(6)37-28(34)27(33)31(23,36)19(5)21(22)14-24(30)26(25)17(2)3/h11,17,20-27,33,36H,5,8-10,12-16H2,1-4,6-7H3,(H,32,35)/b18-11-. The third-order valence-electron chi connectivity index (χ3n) is 10.5. The zero-order valence-electron chi connectivity index (χ0n) is 24.2. The lowest BCUT2D eigenvalue weighted by molar-refractivity contribution is -0.209. The molecule has 1 saturated heterocycles. The van der Waals surface area contributed by atoms with E-state index in [0.29, 0.717) is 24.5 Å². The first kappa shape index (κ1) is 29.1. The van der Waals surface area contributed by atoms with Crippen molar-refractivity contribution in [2.45, 2.75) is 110 Å². The van der Waals surface area contributed by atoms with Crippen molar-refractivity contribution >= 4 is 12.1 Å². The summed E-state index contributed by atoms with van der Waals surface area (Å²) in [6.07, 6.45) is 5.60. The van der Waals surface area contributed by atoms with Crippen LogP contribution in [0.1, 0.15) is 86.5 Å². The first-order valence-corrected chi connectivity index (χ1v) is 14.8. The third-order valence-corrected chi connectivity index (χ3v) is 10.5. The van der Waals surface area contributed by atoms with E-state index in [-0.39, 0.29) is 41.3 Å². The van der Waals surface area contributed by atoms with Crippen LogP contribution in [0.2, 0.25) is 0 Å². The Hall–Kier alpha value is -1.86. The molecule has 2 saturated carbocycles. The molecule has 7 heteroatoms. The van der Waals surface area contributed by atoms with Crippen molar-refractivity contribution in [1.29, 1.82) is 0 Å². The van der Waals surface area contributed by atoms with Gasteiger partial charge in [0.1, 0.15) is 17.8 Å². The van der Waals surface area contributed by atoms with Gasteiger partial charge >= 0.3 is 12.1 Å². The van der Waals surface area contributed by atoms with Gasteiger partial charge in [-0.1, -0.05) is 58.8 Å². The fraction of sp³-hybridized carbons (Fsp3) is 0.806. The van der Waals surface area contributed by atoms with Crippen LogP contribution in [0.5, 0.6) is 0 Å². The van der Waals surface area contributed by atoms with Crippen LogP contribution in [-0.4, -0.2) is 52.7 Å². The molecule has 3 aliphatic carbocycles. The number of allylic oxidation sites excluding steroid dienone is 2. The molecule has 0 radical (unpaired) electrons. The molecule has 0 aromatic heterocycles. The topological polar surface area (TPSA) is 105 Å². The Morgan fingerprint density at radius 2 is 1.97 bits per heavy atom. The summed E-state index contributed by atoms with van der Waals surface area (Å²) in [7, 11) is 0. The molecule has 0 aromatic rings. The molecule has 10 unspecified atom stereocenters. The minimum Gasteiger partial charge on any atom is -0.460 e. The Morgan fingerprint density at radius 1 is 1.26 bits per heavy atom. The van der Waals surface area contributed by atoms with E-state index < -0.39 is 29.7 Å². The van der Waals surface area contributed by atoms with Crippen LogP contribution in [-0.2, 0) is 14.3 Å². The lowest BCUT2D eigenvalue weighted by Gasteiger charge is -2.54. The van der Waals surface area contributed by atoms with Gasteiger partial charge in [-0.25, -0.2) is 9.59 Å². The molecule has 10 atom stereocenters. The zero-order valence-corrected chi connectivity index (χ0v) is 24.2. The summed E-state index contributed by atoms with van der Waals surface area (Å²) in [5, 5.41) is 25.9. The summed E-state index contributed by atoms with van der Waals surface area (Å²) in [5.41, 5.74) is 0.0502. The summed E-state index contributed by atoms with van der Waals surface area (Å²) in [6.45, 7) is 17.8. The molecule has 7 nitrogen and oxygen atoms in total. The number of hydrogen-bond donors (Lipinski definition) is 3. The number of carbonyl (C=O) groups excluding carboxylic acids is 2. The lowest BCUT2D eigenvalue weighted by atomic mass is 9.53. The van der Waals surface area contributed by atoms with Crippen molar-refractivity contribution in [2.75, 3.05) is 6.54 Å². The fourth-order valence-electron chi connectivity index (χ4n) is 8.47. The van der Waals surface area contributed by atoms with Gasteiger partial charge in [-0.3, -0.25) is 0 Å². The maximum atomic E-state index is 12.7. The van der Waals surface area contributed by atoms with Crippen LogP contribution in [0.3, 0.4) is 0 Å². The number of esters is 1. The van der Waals surface area contributed by atoms with Crippen molar-refractivity contribution in [1.82, 2.24) is 5.32 Å². The van der Waals surface area contributed by atoms with Crippen molar-refractivity contribution in [2.24, 2.45) is 40.9 Å². The van der Waals surface area contributed by atoms with Crippen LogP contribution in [0, 0.1) is 40.9 Å². The van der Waals surface area contributed by atoms with Crippen molar-refractivity contribution in [3.05, 3.63) is 23.8 Å². The Morgan fingerprint density at radius 3 is 2.63 bits per heavy atom. The number of amides is 1. The molecule has 0 aromatic carbocycles. The fourth-order valence-corrected chi connectivity index (χ4v) is 8.47. The molecule has 3 fully saturated rings. The highest BCUT2D eigenvalue weighted by atomic mass is 16.6. The minimum atomic E-state index is -1.73. The number of alkyl carbamates (subject to hydrolysis) is 1. The number of unbranched alkanes of at least 4 members (excludes halogenated alkanes) is 2. The monoisotopic (exact) mass is 531 g/mol. The second-order valence-electron chi connectivity index (χ2n) is 13.2. The second-order valence-corrected chi connectivity index (χ2v) is 13.2. The number of carbonyl (C=O) groups is 2. The second kappa shape index (κ2) is 11.0. The van der Waals surface area contributed by atoms with E-state index in [4.69, 9.17) is 9.47 Å². The summed E-state index contributed by atoms with van der Waals surface area (Å²) < 4.78 is 11.5. The van der Waals surface area contributed by atoms with Gasteiger partial charge in [0.2, 0.25) is 0 Å². The highest BCUT2D eigenvalue weighted by molar-refractivity contribution is 5.78. The molecule has 0 bridgehead atoms. The number of nitrogens with one attached hydrogen (secondary N) is 1. The van der Waals surface area contributed by atoms with Crippen molar-refractivity contribution in [3.63, 3.8) is 0 Å². The number of aliphatic hydroxyl groups is 2. The Kier molecular flexibility index (Phi) is 8.40. The molecular formula is C31H49NO6. The van der Waals surface area contributed by atoms with Gasteiger partial charge in [-0.2, -0.15) is 0 Å². The molecule has 38 heavy (non-hydrogen) atoms. The first-order valence-electron chi connectivity index (χ1n) is 14.8. The summed E-state index contributed by atoms with van der Waals surface area (Å²) in [6, 6.07) is 0. The zero-order chi connectivity index (χ0) is 28.0. The van der Waals surface area contributed by atoms with Crippen molar-refractivity contribution < 1.29 is 29.3 Å². The van der Waals surface area contributed by atoms with Gasteiger partial charge in [0.05, 0.1) is 0 Å². The molecule has 1 aliphatic heterocycles. The largest absolute Gasteiger partial charge is 0.460 e. The molecular weight excluding hydrogens is 482 g/mol. The van der Waals surface area contributed by atoms with Crippen LogP contribution in [0.25, 0.3) is 0 Å². The molecule has 4 rings (SSSR count). The predicted octanol–water partition coefficient (Wildman–Crippen LogP) is 5.16. The Balaban J connectivity index is 1.62. The number of fused-ring (bicyclic) bond motifs is 3. The van der Waals surface area contributed by atoms with Crippen LogP contribution < -0.4 is 5.32 Å². The van der Waals surface area contributed by atoms with E-state index in [1.54, 1.807) is 6.92 Å². The van der Waals surface area contributed by atoms with Gasteiger partial charge in [0.25, 0.3) is 0 Å². The Bertz CT molecular complexity index is 960. The van der Waals surface area contributed by atoms with Gasteiger partial charge in [0.15, 0.2) is 6.10 Å². The van der Waals surface area contributed by atoms with E-state index in [9.17, 15) is 19.8 Å². The first-order chi connectivity index (χ1) is 17.8. The SMILES string of the molecule is C=C1C2CC3C(C(C)C)C(OC(=O)NCCCCC)CC3(C)CC2/C(C)=C\CC2C(C)OC(=O)C(O)C12O. The van der Waals surface area contributed by atoms with Gasteiger partial charge in [0, 0.05) is 18.4 Å². The van der Waals surface area contributed by atoms with E-state index >= 15 is 0 Å². The quantitative estimate of drug-likeness (QED) is 0.249. The molecule has 3 N–H and O–H groups in total. The predicted molar refractivity (Wildman–Crippen MR) is 146 cm³/mol. The van der Waals surface area contributed by atoms with E-state index in [2.05, 4.69) is 52.6 Å². The number of cyclic esters (lactones) is 1. The smallest absolute Gasteiger partial charge is 0.407 e. The third kappa shape index (κ3) is 4.94. The summed E-state index contributed by atoms with van der Waals surface area (Å²) in [5.74, 6) is -0.440. The van der Waals surface area contributed by atoms with Gasteiger partial charge in [-0.05, 0) is 80.6 Å². The molecule has 1 heterocycles. The average molecular weight is 532 g/mol. The van der Waals surface area contributed by atoms with Crippen LogP contribution in [0.15, 0.2) is 23.8 Å². The van der Waals surface area contributed by atoms with Crippen molar-refractivity contribution in [3.8, 4) is 0 Å². The number of ether oxygens (including phenoxy) is 2. The molecule has 4 aliphatic rings. The molecule has 1 amide bonds. The maximum absolute atomic E-state index is 12.7. The normalized spacial score (nSPS) is 44.1. The van der Waals surface area contributed by atoms with Crippen LogP contribution >= 0.6 is 0 Å². The molecule has 214 valence electrons. The average Bonchev–Trinajstić information content (AvgIpc) is 3.13. The molecule has 0 spiro atoms. The van der Waals surface area contributed by atoms with E-state index in [1.807, 2.05) is 0 Å². The van der Waals surface area contributed by atoms with Gasteiger partial charge < -0.3 is 25.0 Å². The summed E-state index contributed by atoms with van der Waals surface area (Å²) in [4.78, 5) is 25.2. The summed E-state index contributed by atoms with van der Waals surface area (Å²) >= 11 is 0. The van der Waals surface area contributed by atoms with E-state index in [1.165, 1.54) is 5.57 Å². The van der Waals surface area contributed by atoms with E-state index in [0.717, 1.165) is 38.5 Å².